The predicted octanol–water partition coefficient (Wildman–Crippen LogP) is 1.62. The number of carbonyl (C=O) groups excluding carboxylic acids is 2. The Morgan fingerprint density at radius 3 is 2.67 bits per heavy atom. The Bertz CT molecular complexity index is 476. The van der Waals surface area contributed by atoms with Crippen molar-refractivity contribution < 1.29 is 18.5 Å². The largest absolute Gasteiger partial charge is 0.467 e. The zero-order chi connectivity index (χ0) is 15.3. The van der Waals surface area contributed by atoms with Crippen LogP contribution in [0.3, 0.4) is 0 Å². The second-order valence-corrected chi connectivity index (χ2v) is 6.19. The zero-order valence-corrected chi connectivity index (χ0v) is 12.7. The molecule has 21 heavy (non-hydrogen) atoms. The van der Waals surface area contributed by atoms with E-state index in [1.807, 2.05) is 0 Å². The van der Waals surface area contributed by atoms with Gasteiger partial charge in [-0.15, -0.1) is 0 Å². The topological polar surface area (TPSA) is 71.3 Å². The number of rotatable bonds is 5. The Kier molecular flexibility index (Phi) is 5.01. The highest BCUT2D eigenvalue weighted by Gasteiger charge is 2.33. The van der Waals surface area contributed by atoms with Gasteiger partial charge in [0.1, 0.15) is 5.76 Å². The summed E-state index contributed by atoms with van der Waals surface area (Å²) in [6.07, 6.45) is 6.33. The molecule has 0 radical (unpaired) electrons. The van der Waals surface area contributed by atoms with Crippen molar-refractivity contribution in [2.75, 3.05) is 20.6 Å². The van der Waals surface area contributed by atoms with Crippen LogP contribution in [0.4, 0.5) is 4.79 Å². The van der Waals surface area contributed by atoms with Gasteiger partial charge in [0.15, 0.2) is 6.54 Å². The molecule has 0 aromatic carbocycles. The van der Waals surface area contributed by atoms with Gasteiger partial charge in [-0.3, -0.25) is 10.1 Å². The number of carbonyl (C=O) groups is 2. The van der Waals surface area contributed by atoms with Gasteiger partial charge in [-0.05, 0) is 37.8 Å². The van der Waals surface area contributed by atoms with Crippen molar-refractivity contribution in [3.05, 3.63) is 24.2 Å². The highest BCUT2D eigenvalue weighted by atomic mass is 16.3. The summed E-state index contributed by atoms with van der Waals surface area (Å²) in [6.45, 7) is 0.589. The maximum absolute atomic E-state index is 12.0. The van der Waals surface area contributed by atoms with Crippen molar-refractivity contribution in [1.82, 2.24) is 10.6 Å². The summed E-state index contributed by atoms with van der Waals surface area (Å²) >= 11 is 0. The zero-order valence-electron chi connectivity index (χ0n) is 12.7. The molecule has 0 aliphatic heterocycles. The van der Waals surface area contributed by atoms with Gasteiger partial charge >= 0.3 is 6.03 Å². The number of likely N-dealkylation sites (N-methyl/N-ethyl adjacent to an activating group) is 1. The highest BCUT2D eigenvalue weighted by Crippen LogP contribution is 2.26. The lowest BCUT2D eigenvalue weighted by atomic mass is 10.2. The van der Waals surface area contributed by atoms with Gasteiger partial charge in [0.2, 0.25) is 0 Å². The molecular weight excluding hydrogens is 270 g/mol. The summed E-state index contributed by atoms with van der Waals surface area (Å²) in [5, 5.41) is 4.98. The molecule has 1 aromatic heterocycles. The monoisotopic (exact) mass is 294 g/mol. The van der Waals surface area contributed by atoms with E-state index in [1.165, 1.54) is 12.8 Å². The number of urea groups is 1. The molecule has 0 spiro atoms. The molecule has 1 aromatic rings. The molecule has 1 aliphatic carbocycles. The van der Waals surface area contributed by atoms with Crippen LogP contribution in [0.1, 0.15) is 31.4 Å². The van der Waals surface area contributed by atoms with Crippen LogP contribution in [-0.4, -0.2) is 43.1 Å². The first kappa shape index (κ1) is 15.6. The summed E-state index contributed by atoms with van der Waals surface area (Å²) < 4.78 is 5.74. The molecule has 2 rings (SSSR count). The van der Waals surface area contributed by atoms with E-state index in [4.69, 9.17) is 4.42 Å². The number of nitrogens with zero attached hydrogens (tertiary/aromatic N) is 1. The molecular formula is C15H24N3O3+. The van der Waals surface area contributed by atoms with Crippen LogP contribution < -0.4 is 10.6 Å². The maximum Gasteiger partial charge on any atom is 0.321 e. The smallest absolute Gasteiger partial charge is 0.321 e. The number of hydrogen-bond donors (Lipinski definition) is 2. The van der Waals surface area contributed by atoms with Crippen LogP contribution in [0.25, 0.3) is 0 Å². The van der Waals surface area contributed by atoms with Gasteiger partial charge in [0.05, 0.1) is 32.9 Å². The van der Waals surface area contributed by atoms with E-state index in [0.29, 0.717) is 22.8 Å². The Morgan fingerprint density at radius 2 is 2.05 bits per heavy atom. The molecule has 0 bridgehead atoms. The number of amides is 3. The molecule has 1 saturated carbocycles. The van der Waals surface area contributed by atoms with E-state index in [9.17, 15) is 9.59 Å². The molecule has 6 heteroatoms. The van der Waals surface area contributed by atoms with E-state index < -0.39 is 6.03 Å². The molecule has 0 atom stereocenters. The van der Waals surface area contributed by atoms with Crippen LogP contribution in [0.15, 0.2) is 22.8 Å². The lowest BCUT2D eigenvalue weighted by Gasteiger charge is -2.35. The van der Waals surface area contributed by atoms with Crippen molar-refractivity contribution in [2.45, 2.75) is 38.3 Å². The lowest BCUT2D eigenvalue weighted by molar-refractivity contribution is -0.906. The van der Waals surface area contributed by atoms with Crippen molar-refractivity contribution in [3.63, 3.8) is 0 Å². The molecule has 1 heterocycles. The number of furan rings is 1. The fraction of sp³-hybridized carbons (Fsp3) is 0.600. The minimum absolute atomic E-state index is 0.246. The van der Waals surface area contributed by atoms with E-state index in [1.54, 1.807) is 18.4 Å². The third-order valence-electron chi connectivity index (χ3n) is 4.12. The average molecular weight is 294 g/mol. The Balaban J connectivity index is 1.74. The lowest BCUT2D eigenvalue weighted by Crippen LogP contribution is -2.54. The quantitative estimate of drug-likeness (QED) is 0.811. The van der Waals surface area contributed by atoms with Crippen LogP contribution in [-0.2, 0) is 11.3 Å². The van der Waals surface area contributed by atoms with E-state index in [-0.39, 0.29) is 12.5 Å². The standard InChI is InChI=1S/C15H23N3O3/c1-18(2,12-6-3-4-7-12)11-14(19)17-15(20)16-10-13-8-5-9-21-13/h5,8-9,12H,3-4,6-7,10-11H2,1-2H3,(H-,16,17,19,20)/p+1. The normalized spacial score (nSPS) is 15.9. The SMILES string of the molecule is C[N+](C)(CC(=O)NC(=O)NCc1ccco1)C1CCCC1. The Hall–Kier alpha value is -1.82. The molecule has 0 unspecified atom stereocenters. The molecule has 2 N–H and O–H groups in total. The molecule has 0 saturated heterocycles. The molecule has 6 nitrogen and oxygen atoms in total. The minimum Gasteiger partial charge on any atom is -0.467 e. The van der Waals surface area contributed by atoms with Gasteiger partial charge in [-0.2, -0.15) is 0 Å². The van der Waals surface area contributed by atoms with Crippen molar-refractivity contribution in [1.29, 1.82) is 0 Å². The highest BCUT2D eigenvalue weighted by molar-refractivity contribution is 5.94. The van der Waals surface area contributed by atoms with Crippen molar-refractivity contribution in [3.8, 4) is 0 Å². The summed E-state index contributed by atoms with van der Waals surface area (Å²) in [5.41, 5.74) is 0. The number of imide groups is 1. The second-order valence-electron chi connectivity index (χ2n) is 6.19. The molecule has 1 fully saturated rings. The summed E-state index contributed by atoms with van der Waals surface area (Å²) in [4.78, 5) is 23.6. The van der Waals surface area contributed by atoms with Gasteiger partial charge < -0.3 is 14.2 Å². The Morgan fingerprint density at radius 1 is 1.33 bits per heavy atom. The van der Waals surface area contributed by atoms with Gasteiger partial charge in [-0.25, -0.2) is 4.79 Å². The summed E-state index contributed by atoms with van der Waals surface area (Å²) in [7, 11) is 4.10. The number of quaternary nitrogens is 1. The molecule has 1 aliphatic rings. The fourth-order valence-electron chi connectivity index (χ4n) is 2.89. The Labute approximate surface area is 125 Å². The maximum atomic E-state index is 12.0. The molecule has 116 valence electrons. The minimum atomic E-state index is -0.483. The summed E-state index contributed by atoms with van der Waals surface area (Å²) in [6, 6.07) is 3.55. The van der Waals surface area contributed by atoms with E-state index in [2.05, 4.69) is 24.7 Å². The van der Waals surface area contributed by atoms with Gasteiger partial charge in [0.25, 0.3) is 5.91 Å². The van der Waals surface area contributed by atoms with Crippen molar-refractivity contribution >= 4 is 11.9 Å². The van der Waals surface area contributed by atoms with Gasteiger partial charge in [-0.1, -0.05) is 0 Å². The first-order valence-corrected chi connectivity index (χ1v) is 7.40. The third kappa shape index (κ3) is 4.60. The molecule has 3 amide bonds. The van der Waals surface area contributed by atoms with Crippen LogP contribution in [0.2, 0.25) is 0 Å². The second kappa shape index (κ2) is 6.76. The van der Waals surface area contributed by atoms with Crippen LogP contribution in [0.5, 0.6) is 0 Å². The van der Waals surface area contributed by atoms with Crippen LogP contribution >= 0.6 is 0 Å². The van der Waals surface area contributed by atoms with Gasteiger partial charge in [0, 0.05) is 0 Å². The first-order valence-electron chi connectivity index (χ1n) is 7.40. The fourth-order valence-corrected chi connectivity index (χ4v) is 2.89. The van der Waals surface area contributed by atoms with E-state index >= 15 is 0 Å². The number of nitrogens with one attached hydrogen (secondary N) is 2. The van der Waals surface area contributed by atoms with Crippen molar-refractivity contribution in [2.24, 2.45) is 0 Å². The predicted molar refractivity (Wildman–Crippen MR) is 78.3 cm³/mol. The van der Waals surface area contributed by atoms with E-state index in [0.717, 1.165) is 12.8 Å². The first-order chi connectivity index (χ1) is 9.97. The number of hydrogen-bond acceptors (Lipinski definition) is 3. The summed E-state index contributed by atoms with van der Waals surface area (Å²) in [5.74, 6) is 0.406. The van der Waals surface area contributed by atoms with Crippen LogP contribution in [0, 0.1) is 0 Å². The average Bonchev–Trinajstić information content (AvgIpc) is 3.09. The third-order valence-corrected chi connectivity index (χ3v) is 4.12.